The number of ether oxygens (including phenoxy) is 1. The lowest BCUT2D eigenvalue weighted by atomic mass is 10.1. The van der Waals surface area contributed by atoms with E-state index in [1.54, 1.807) is 13.2 Å². The van der Waals surface area contributed by atoms with Gasteiger partial charge >= 0.3 is 0 Å². The van der Waals surface area contributed by atoms with Crippen LogP contribution in [0.15, 0.2) is 12.1 Å². The zero-order valence-electron chi connectivity index (χ0n) is 12.4. The molecule has 1 atom stereocenters. The molecule has 2 rings (SSSR count). The molecule has 112 valence electrons. The molecule has 20 heavy (non-hydrogen) atoms. The van der Waals surface area contributed by atoms with Gasteiger partial charge in [0, 0.05) is 42.3 Å². The first-order valence-corrected chi connectivity index (χ1v) is 7.37. The van der Waals surface area contributed by atoms with Crippen molar-refractivity contribution in [3.8, 4) is 11.5 Å². The SMILES string of the molecule is COc1cc(Cl)cc(CN2CCCN(C)CC2C)c1O. The lowest BCUT2D eigenvalue weighted by Crippen LogP contribution is -2.37. The summed E-state index contributed by atoms with van der Waals surface area (Å²) in [6.45, 7) is 6.10. The van der Waals surface area contributed by atoms with Crippen LogP contribution in [0.2, 0.25) is 5.02 Å². The topological polar surface area (TPSA) is 35.9 Å². The van der Waals surface area contributed by atoms with Gasteiger partial charge in [0.2, 0.25) is 0 Å². The average Bonchev–Trinajstić information content (AvgIpc) is 2.55. The van der Waals surface area contributed by atoms with E-state index in [1.165, 1.54) is 0 Å². The number of nitrogens with zero attached hydrogens (tertiary/aromatic N) is 2. The van der Waals surface area contributed by atoms with Gasteiger partial charge in [0.1, 0.15) is 0 Å². The molecule has 1 N–H and O–H groups in total. The van der Waals surface area contributed by atoms with Crippen molar-refractivity contribution >= 4 is 11.6 Å². The fourth-order valence-corrected chi connectivity index (χ4v) is 3.01. The van der Waals surface area contributed by atoms with Crippen LogP contribution in [0.3, 0.4) is 0 Å². The van der Waals surface area contributed by atoms with Crippen molar-refractivity contribution < 1.29 is 9.84 Å². The lowest BCUT2D eigenvalue weighted by molar-refractivity contribution is 0.192. The normalized spacial score (nSPS) is 21.7. The Labute approximate surface area is 125 Å². The molecule has 0 radical (unpaired) electrons. The standard InChI is InChI=1S/C15H23ClN2O2/c1-11-9-17(2)5-4-6-18(11)10-12-7-13(16)8-14(20-3)15(12)19/h7-8,11,19H,4-6,9-10H2,1-3H3. The summed E-state index contributed by atoms with van der Waals surface area (Å²) in [5.74, 6) is 0.633. The molecule has 1 saturated heterocycles. The lowest BCUT2D eigenvalue weighted by Gasteiger charge is -2.28. The number of aromatic hydroxyl groups is 1. The van der Waals surface area contributed by atoms with E-state index in [0.29, 0.717) is 23.4 Å². The first-order chi connectivity index (χ1) is 9.51. The van der Waals surface area contributed by atoms with E-state index in [1.807, 2.05) is 6.07 Å². The van der Waals surface area contributed by atoms with E-state index in [2.05, 4.69) is 23.8 Å². The van der Waals surface area contributed by atoms with Crippen molar-refractivity contribution in [2.24, 2.45) is 0 Å². The van der Waals surface area contributed by atoms with Crippen LogP contribution < -0.4 is 4.74 Å². The van der Waals surface area contributed by atoms with Gasteiger partial charge in [0.15, 0.2) is 11.5 Å². The molecule has 1 aromatic rings. The van der Waals surface area contributed by atoms with Crippen LogP contribution in [0, 0.1) is 0 Å². The Balaban J connectivity index is 2.18. The van der Waals surface area contributed by atoms with Crippen molar-refractivity contribution in [1.82, 2.24) is 9.80 Å². The van der Waals surface area contributed by atoms with Gasteiger partial charge in [-0.05, 0) is 33.0 Å². The number of hydrogen-bond acceptors (Lipinski definition) is 4. The Hall–Kier alpha value is -0.970. The van der Waals surface area contributed by atoms with E-state index in [0.717, 1.165) is 31.6 Å². The maximum atomic E-state index is 10.2. The second-order valence-corrected chi connectivity index (χ2v) is 5.99. The Morgan fingerprint density at radius 2 is 2.15 bits per heavy atom. The maximum absolute atomic E-state index is 10.2. The third-order valence-corrected chi connectivity index (χ3v) is 4.11. The Morgan fingerprint density at radius 3 is 2.85 bits per heavy atom. The second kappa shape index (κ2) is 6.66. The third kappa shape index (κ3) is 3.57. The average molecular weight is 299 g/mol. The van der Waals surface area contributed by atoms with E-state index < -0.39 is 0 Å². The Morgan fingerprint density at radius 1 is 1.40 bits per heavy atom. The number of methoxy groups -OCH3 is 1. The van der Waals surface area contributed by atoms with E-state index in [4.69, 9.17) is 16.3 Å². The van der Waals surface area contributed by atoms with Gasteiger partial charge in [0.25, 0.3) is 0 Å². The van der Waals surface area contributed by atoms with Crippen LogP contribution in [0.25, 0.3) is 0 Å². The molecule has 1 unspecified atom stereocenters. The van der Waals surface area contributed by atoms with Gasteiger partial charge in [-0.1, -0.05) is 11.6 Å². The fraction of sp³-hybridized carbons (Fsp3) is 0.600. The van der Waals surface area contributed by atoms with Crippen molar-refractivity contribution in [2.45, 2.75) is 25.9 Å². The van der Waals surface area contributed by atoms with Crippen LogP contribution in [0.4, 0.5) is 0 Å². The van der Waals surface area contributed by atoms with Gasteiger partial charge in [0.05, 0.1) is 7.11 Å². The molecule has 5 heteroatoms. The minimum Gasteiger partial charge on any atom is -0.504 e. The summed E-state index contributed by atoms with van der Waals surface area (Å²) >= 11 is 6.09. The van der Waals surface area contributed by atoms with Crippen molar-refractivity contribution in [3.63, 3.8) is 0 Å². The van der Waals surface area contributed by atoms with Gasteiger partial charge in [-0.25, -0.2) is 0 Å². The van der Waals surface area contributed by atoms with Crippen molar-refractivity contribution in [2.75, 3.05) is 33.8 Å². The predicted molar refractivity (Wildman–Crippen MR) is 81.7 cm³/mol. The van der Waals surface area contributed by atoms with Gasteiger partial charge in [-0.3, -0.25) is 4.90 Å². The summed E-state index contributed by atoms with van der Waals surface area (Å²) in [4.78, 5) is 4.73. The minimum atomic E-state index is 0.196. The zero-order chi connectivity index (χ0) is 14.7. The number of hydrogen-bond donors (Lipinski definition) is 1. The molecule has 1 fully saturated rings. The maximum Gasteiger partial charge on any atom is 0.162 e. The molecule has 0 spiro atoms. The molecular weight excluding hydrogens is 276 g/mol. The van der Waals surface area contributed by atoms with Crippen LogP contribution in [0.5, 0.6) is 11.5 Å². The molecule has 1 aromatic carbocycles. The molecule has 1 aliphatic heterocycles. The van der Waals surface area contributed by atoms with Gasteiger partial charge in [-0.15, -0.1) is 0 Å². The summed E-state index contributed by atoms with van der Waals surface area (Å²) in [5, 5.41) is 10.8. The summed E-state index contributed by atoms with van der Waals surface area (Å²) in [6.07, 6.45) is 1.14. The monoisotopic (exact) mass is 298 g/mol. The van der Waals surface area contributed by atoms with E-state index in [-0.39, 0.29) is 5.75 Å². The number of phenolic OH excluding ortho intramolecular Hbond substituents is 1. The summed E-state index contributed by atoms with van der Waals surface area (Å²) in [6, 6.07) is 3.91. The number of halogens is 1. The Bertz CT molecular complexity index is 467. The molecule has 4 nitrogen and oxygen atoms in total. The third-order valence-electron chi connectivity index (χ3n) is 3.90. The summed E-state index contributed by atoms with van der Waals surface area (Å²) in [5.41, 5.74) is 0.825. The molecule has 0 amide bonds. The molecular formula is C15H23ClN2O2. The van der Waals surface area contributed by atoms with Crippen LogP contribution in [-0.2, 0) is 6.54 Å². The molecule has 0 saturated carbocycles. The second-order valence-electron chi connectivity index (χ2n) is 5.55. The smallest absolute Gasteiger partial charge is 0.162 e. The summed E-state index contributed by atoms with van der Waals surface area (Å²) in [7, 11) is 3.69. The van der Waals surface area contributed by atoms with Crippen LogP contribution in [0.1, 0.15) is 18.9 Å². The Kier molecular flexibility index (Phi) is 5.13. The van der Waals surface area contributed by atoms with Gasteiger partial charge < -0.3 is 14.7 Å². The number of benzene rings is 1. The highest BCUT2D eigenvalue weighted by atomic mass is 35.5. The predicted octanol–water partition coefficient (Wildman–Crippen LogP) is 2.58. The molecule has 1 aliphatic rings. The molecule has 0 aliphatic carbocycles. The van der Waals surface area contributed by atoms with Gasteiger partial charge in [-0.2, -0.15) is 0 Å². The highest BCUT2D eigenvalue weighted by molar-refractivity contribution is 6.30. The molecule has 0 bridgehead atoms. The largest absolute Gasteiger partial charge is 0.504 e. The number of likely N-dealkylation sites (N-methyl/N-ethyl adjacent to an activating group) is 1. The number of phenols is 1. The highest BCUT2D eigenvalue weighted by Gasteiger charge is 2.21. The van der Waals surface area contributed by atoms with E-state index in [9.17, 15) is 5.11 Å². The van der Waals surface area contributed by atoms with E-state index >= 15 is 0 Å². The van der Waals surface area contributed by atoms with Crippen molar-refractivity contribution in [1.29, 1.82) is 0 Å². The molecule has 0 aromatic heterocycles. The van der Waals surface area contributed by atoms with Crippen LogP contribution in [-0.4, -0.2) is 54.7 Å². The quantitative estimate of drug-likeness (QED) is 0.930. The first-order valence-electron chi connectivity index (χ1n) is 6.99. The first kappa shape index (κ1) is 15.4. The summed E-state index contributed by atoms with van der Waals surface area (Å²) < 4.78 is 5.16. The van der Waals surface area contributed by atoms with Crippen molar-refractivity contribution in [3.05, 3.63) is 22.7 Å². The minimum absolute atomic E-state index is 0.196. The molecule has 1 heterocycles. The zero-order valence-corrected chi connectivity index (χ0v) is 13.2. The highest BCUT2D eigenvalue weighted by Crippen LogP contribution is 2.34. The number of rotatable bonds is 3. The van der Waals surface area contributed by atoms with Crippen LogP contribution >= 0.6 is 11.6 Å². The fourth-order valence-electron chi connectivity index (χ4n) is 2.78.